The van der Waals surface area contributed by atoms with E-state index in [4.69, 9.17) is 25.8 Å². The molecule has 0 bridgehead atoms. The molecule has 32 heavy (non-hydrogen) atoms. The van der Waals surface area contributed by atoms with E-state index in [1.54, 1.807) is 54.6 Å². The van der Waals surface area contributed by atoms with Gasteiger partial charge >= 0.3 is 11.9 Å². The Hall–Kier alpha value is -3.42. The smallest absolute Gasteiger partial charge is 0.363 e. The number of aliphatic imine (C=N–C) groups is 1. The van der Waals surface area contributed by atoms with Crippen LogP contribution in [0.15, 0.2) is 81.9 Å². The predicted molar refractivity (Wildman–Crippen MR) is 124 cm³/mol. The summed E-state index contributed by atoms with van der Waals surface area (Å²) in [6, 6.07) is 18.6. The van der Waals surface area contributed by atoms with Gasteiger partial charge in [-0.05, 0) is 76.1 Å². The highest BCUT2D eigenvalue weighted by molar-refractivity contribution is 9.10. The Balaban J connectivity index is 1.58. The molecule has 3 aromatic rings. The molecule has 1 heterocycles. The van der Waals surface area contributed by atoms with E-state index < -0.39 is 11.9 Å². The van der Waals surface area contributed by atoms with Crippen molar-refractivity contribution in [3.63, 3.8) is 0 Å². The van der Waals surface area contributed by atoms with E-state index in [0.29, 0.717) is 27.5 Å². The van der Waals surface area contributed by atoms with Crippen LogP contribution >= 0.6 is 27.5 Å². The lowest BCUT2D eigenvalue weighted by Crippen LogP contribution is -2.09. The number of halogens is 2. The molecule has 3 aromatic carbocycles. The molecule has 1 aliphatic heterocycles. The number of carbonyl (C=O) groups excluding carboxylic acids is 2. The van der Waals surface area contributed by atoms with E-state index in [-0.39, 0.29) is 17.3 Å². The van der Waals surface area contributed by atoms with Crippen molar-refractivity contribution in [3.05, 3.63) is 98.6 Å². The lowest BCUT2D eigenvalue weighted by Gasteiger charge is -2.10. The van der Waals surface area contributed by atoms with Crippen LogP contribution in [0, 0.1) is 0 Å². The number of rotatable bonds is 5. The van der Waals surface area contributed by atoms with Crippen LogP contribution < -0.4 is 9.47 Å². The van der Waals surface area contributed by atoms with Crippen molar-refractivity contribution in [2.75, 3.05) is 7.11 Å². The summed E-state index contributed by atoms with van der Waals surface area (Å²) in [5.74, 6) is -0.334. The second kappa shape index (κ2) is 9.38. The SMILES string of the molecule is COc1cc(/C=C2\N=C(c3ccccc3Br)OC2=O)ccc1OC(=O)c1ccc(Cl)cc1. The Bertz CT molecular complexity index is 1270. The van der Waals surface area contributed by atoms with Gasteiger partial charge in [0.2, 0.25) is 5.90 Å². The lowest BCUT2D eigenvalue weighted by molar-refractivity contribution is -0.129. The third kappa shape index (κ3) is 4.74. The summed E-state index contributed by atoms with van der Waals surface area (Å²) >= 11 is 9.27. The van der Waals surface area contributed by atoms with Crippen LogP contribution in [-0.2, 0) is 9.53 Å². The topological polar surface area (TPSA) is 74.2 Å². The molecular weight excluding hydrogens is 498 g/mol. The Morgan fingerprint density at radius 3 is 2.53 bits per heavy atom. The second-order valence-corrected chi connectivity index (χ2v) is 7.91. The van der Waals surface area contributed by atoms with E-state index >= 15 is 0 Å². The van der Waals surface area contributed by atoms with Crippen LogP contribution in [0.2, 0.25) is 5.02 Å². The first-order chi connectivity index (χ1) is 15.4. The molecule has 0 unspecified atom stereocenters. The van der Waals surface area contributed by atoms with Crippen LogP contribution in [0.4, 0.5) is 0 Å². The molecular formula is C24H15BrClNO5. The fraction of sp³-hybridized carbons (Fsp3) is 0.0417. The minimum absolute atomic E-state index is 0.142. The number of esters is 2. The maximum atomic E-state index is 12.4. The summed E-state index contributed by atoms with van der Waals surface area (Å²) in [6.45, 7) is 0. The Kier molecular flexibility index (Phi) is 6.39. The van der Waals surface area contributed by atoms with Crippen LogP contribution in [0.1, 0.15) is 21.5 Å². The minimum atomic E-state index is -0.562. The monoisotopic (exact) mass is 511 g/mol. The van der Waals surface area contributed by atoms with E-state index in [0.717, 1.165) is 4.47 Å². The molecule has 0 saturated carbocycles. The fourth-order valence-corrected chi connectivity index (χ4v) is 3.50. The van der Waals surface area contributed by atoms with Gasteiger partial charge < -0.3 is 14.2 Å². The van der Waals surface area contributed by atoms with Gasteiger partial charge in [0.25, 0.3) is 0 Å². The molecule has 160 valence electrons. The van der Waals surface area contributed by atoms with Gasteiger partial charge in [-0.15, -0.1) is 0 Å². The molecule has 4 rings (SSSR count). The van der Waals surface area contributed by atoms with Gasteiger partial charge in [-0.1, -0.05) is 29.8 Å². The molecule has 0 fully saturated rings. The van der Waals surface area contributed by atoms with E-state index in [9.17, 15) is 9.59 Å². The second-order valence-electron chi connectivity index (χ2n) is 6.62. The average molecular weight is 513 g/mol. The predicted octanol–water partition coefficient (Wildman–Crippen LogP) is 5.67. The van der Waals surface area contributed by atoms with Gasteiger partial charge in [-0.3, -0.25) is 0 Å². The Morgan fingerprint density at radius 2 is 1.81 bits per heavy atom. The minimum Gasteiger partial charge on any atom is -0.493 e. The van der Waals surface area contributed by atoms with E-state index in [1.165, 1.54) is 7.11 Å². The molecule has 0 aliphatic carbocycles. The van der Waals surface area contributed by atoms with Crippen molar-refractivity contribution in [2.45, 2.75) is 0 Å². The van der Waals surface area contributed by atoms with Gasteiger partial charge in [-0.2, -0.15) is 0 Å². The van der Waals surface area contributed by atoms with Gasteiger partial charge in [-0.25, -0.2) is 14.6 Å². The molecule has 0 N–H and O–H groups in total. The average Bonchev–Trinajstić information content (AvgIpc) is 3.15. The van der Waals surface area contributed by atoms with E-state index in [2.05, 4.69) is 20.9 Å². The molecule has 8 heteroatoms. The molecule has 0 saturated heterocycles. The van der Waals surface area contributed by atoms with Gasteiger partial charge in [0, 0.05) is 9.50 Å². The first-order valence-electron chi connectivity index (χ1n) is 9.38. The number of nitrogens with zero attached hydrogens (tertiary/aromatic N) is 1. The van der Waals surface area contributed by atoms with Gasteiger partial charge in [0.05, 0.1) is 18.2 Å². The zero-order chi connectivity index (χ0) is 22.7. The van der Waals surface area contributed by atoms with Crippen molar-refractivity contribution in [3.8, 4) is 11.5 Å². The third-order valence-electron chi connectivity index (χ3n) is 4.50. The standard InChI is InChI=1S/C24H15BrClNO5/c1-30-21-13-14(6-11-20(21)31-23(28)15-7-9-16(26)10-8-15)12-19-24(29)32-22(27-19)17-4-2-3-5-18(17)25/h2-13H,1H3/b19-12-. The van der Waals surface area contributed by atoms with Crippen LogP contribution in [-0.4, -0.2) is 24.9 Å². The Morgan fingerprint density at radius 1 is 1.06 bits per heavy atom. The third-order valence-corrected chi connectivity index (χ3v) is 5.44. The van der Waals surface area contributed by atoms with Crippen molar-refractivity contribution in [1.29, 1.82) is 0 Å². The molecule has 1 aliphatic rings. The van der Waals surface area contributed by atoms with Crippen molar-refractivity contribution < 1.29 is 23.8 Å². The largest absolute Gasteiger partial charge is 0.493 e. The first-order valence-corrected chi connectivity index (χ1v) is 10.5. The Labute approximate surface area is 197 Å². The van der Waals surface area contributed by atoms with Crippen molar-refractivity contribution in [2.24, 2.45) is 4.99 Å². The van der Waals surface area contributed by atoms with Gasteiger partial charge in [0.15, 0.2) is 17.2 Å². The quantitative estimate of drug-likeness (QED) is 0.250. The summed E-state index contributed by atoms with van der Waals surface area (Å²) in [6.07, 6.45) is 1.57. The van der Waals surface area contributed by atoms with Crippen LogP contribution in [0.3, 0.4) is 0 Å². The molecule has 0 amide bonds. The van der Waals surface area contributed by atoms with Gasteiger partial charge in [0.1, 0.15) is 0 Å². The number of carbonyl (C=O) groups is 2. The summed E-state index contributed by atoms with van der Waals surface area (Å²) in [5, 5.41) is 0.521. The summed E-state index contributed by atoms with van der Waals surface area (Å²) in [4.78, 5) is 29.0. The van der Waals surface area contributed by atoms with Crippen molar-refractivity contribution >= 4 is 51.4 Å². The van der Waals surface area contributed by atoms with E-state index in [1.807, 2.05) is 18.2 Å². The number of benzene rings is 3. The molecule has 0 atom stereocenters. The molecule has 0 radical (unpaired) electrons. The summed E-state index contributed by atoms with van der Waals surface area (Å²) in [5.41, 5.74) is 1.79. The molecule has 0 aromatic heterocycles. The van der Waals surface area contributed by atoms with Crippen molar-refractivity contribution in [1.82, 2.24) is 0 Å². The maximum Gasteiger partial charge on any atom is 0.363 e. The maximum absolute atomic E-state index is 12.4. The number of hydrogen-bond donors (Lipinski definition) is 0. The summed E-state index contributed by atoms with van der Waals surface area (Å²) < 4.78 is 16.9. The number of methoxy groups -OCH3 is 1. The number of cyclic esters (lactones) is 1. The van der Waals surface area contributed by atoms with Crippen LogP contribution in [0.5, 0.6) is 11.5 Å². The highest BCUT2D eigenvalue weighted by Gasteiger charge is 2.25. The summed E-state index contributed by atoms with van der Waals surface area (Å²) in [7, 11) is 1.46. The lowest BCUT2D eigenvalue weighted by atomic mass is 10.1. The van der Waals surface area contributed by atoms with Crippen LogP contribution in [0.25, 0.3) is 6.08 Å². The number of hydrogen-bond acceptors (Lipinski definition) is 6. The highest BCUT2D eigenvalue weighted by Crippen LogP contribution is 2.31. The number of ether oxygens (including phenoxy) is 3. The first kappa shape index (κ1) is 21.8. The zero-order valence-electron chi connectivity index (χ0n) is 16.7. The zero-order valence-corrected chi connectivity index (χ0v) is 19.0. The highest BCUT2D eigenvalue weighted by atomic mass is 79.9. The normalized spacial score (nSPS) is 14.2. The fourth-order valence-electron chi connectivity index (χ4n) is 2.92. The molecule has 6 nitrogen and oxygen atoms in total. The molecule has 0 spiro atoms.